The molecule has 128 valence electrons. The van der Waals surface area contributed by atoms with Crippen LogP contribution in [0, 0.1) is 5.82 Å². The lowest BCUT2D eigenvalue weighted by molar-refractivity contribution is 0.122. The Morgan fingerprint density at radius 2 is 1.80 bits per heavy atom. The minimum Gasteiger partial charge on any atom is -0.378 e. The number of para-hydroxylation sites is 1. The van der Waals surface area contributed by atoms with E-state index in [1.54, 1.807) is 11.0 Å². The zero-order chi connectivity index (χ0) is 17.1. The molecule has 3 aromatic rings. The Kier molecular flexibility index (Phi) is 4.30. The first-order valence-electron chi connectivity index (χ1n) is 8.15. The molecule has 0 saturated carbocycles. The van der Waals surface area contributed by atoms with E-state index in [2.05, 4.69) is 20.3 Å². The van der Waals surface area contributed by atoms with Crippen molar-refractivity contribution in [2.45, 2.75) is 0 Å². The van der Waals surface area contributed by atoms with Crippen LogP contribution in [0.1, 0.15) is 0 Å². The summed E-state index contributed by atoms with van der Waals surface area (Å²) in [6, 6.07) is 14.6. The number of anilines is 3. The number of hydrogen-bond donors (Lipinski definition) is 1. The molecule has 1 N–H and O–H groups in total. The lowest BCUT2D eigenvalue weighted by atomic mass is 10.2. The average Bonchev–Trinajstić information content (AvgIpc) is 3.11. The molecule has 1 saturated heterocycles. The van der Waals surface area contributed by atoms with Gasteiger partial charge in [0.15, 0.2) is 0 Å². The first kappa shape index (κ1) is 15.6. The Labute approximate surface area is 144 Å². The van der Waals surface area contributed by atoms with Crippen molar-refractivity contribution in [2.24, 2.45) is 0 Å². The van der Waals surface area contributed by atoms with Gasteiger partial charge in [0.2, 0.25) is 5.95 Å². The van der Waals surface area contributed by atoms with Gasteiger partial charge in [-0.3, -0.25) is 0 Å². The summed E-state index contributed by atoms with van der Waals surface area (Å²) in [4.78, 5) is 6.35. The van der Waals surface area contributed by atoms with Crippen LogP contribution in [0.5, 0.6) is 0 Å². The van der Waals surface area contributed by atoms with Crippen molar-refractivity contribution in [1.29, 1.82) is 0 Å². The Hall–Kier alpha value is -2.93. The zero-order valence-corrected chi connectivity index (χ0v) is 13.6. The van der Waals surface area contributed by atoms with E-state index in [1.807, 2.05) is 36.4 Å². The highest BCUT2D eigenvalue weighted by Crippen LogP contribution is 2.24. The van der Waals surface area contributed by atoms with E-state index in [-0.39, 0.29) is 5.82 Å². The predicted octanol–water partition coefficient (Wildman–Crippen LogP) is 2.99. The van der Waals surface area contributed by atoms with E-state index < -0.39 is 0 Å². The third-order valence-corrected chi connectivity index (χ3v) is 4.03. The molecule has 1 aliphatic rings. The van der Waals surface area contributed by atoms with Crippen molar-refractivity contribution in [1.82, 2.24) is 14.8 Å². The number of morpholine rings is 1. The molecule has 4 rings (SSSR count). The molecule has 0 radical (unpaired) electrons. The first-order valence-corrected chi connectivity index (χ1v) is 8.15. The summed E-state index contributed by atoms with van der Waals surface area (Å²) in [5.41, 5.74) is 2.36. The van der Waals surface area contributed by atoms with Gasteiger partial charge >= 0.3 is 0 Å². The van der Waals surface area contributed by atoms with Gasteiger partial charge in [0, 0.05) is 24.5 Å². The van der Waals surface area contributed by atoms with Gasteiger partial charge in [0.1, 0.15) is 12.1 Å². The van der Waals surface area contributed by atoms with Crippen molar-refractivity contribution in [3.63, 3.8) is 0 Å². The van der Waals surface area contributed by atoms with Gasteiger partial charge in [0.25, 0.3) is 0 Å². The molecule has 1 aliphatic heterocycles. The van der Waals surface area contributed by atoms with Crippen molar-refractivity contribution in [3.05, 3.63) is 60.7 Å². The number of nitrogens with zero attached hydrogens (tertiary/aromatic N) is 4. The summed E-state index contributed by atoms with van der Waals surface area (Å²) in [5.74, 6) is 0.122. The molecular formula is C18H18FN5O. The quantitative estimate of drug-likeness (QED) is 0.792. The van der Waals surface area contributed by atoms with Gasteiger partial charge in [-0.05, 0) is 30.3 Å². The smallest absolute Gasteiger partial charge is 0.246 e. The summed E-state index contributed by atoms with van der Waals surface area (Å²) in [7, 11) is 0. The molecule has 7 heteroatoms. The lowest BCUT2D eigenvalue weighted by Crippen LogP contribution is -2.36. The lowest BCUT2D eigenvalue weighted by Gasteiger charge is -2.29. The van der Waals surface area contributed by atoms with Crippen molar-refractivity contribution < 1.29 is 9.13 Å². The summed E-state index contributed by atoms with van der Waals surface area (Å²) in [6.45, 7) is 2.82. The fourth-order valence-electron chi connectivity index (χ4n) is 2.81. The number of rotatable bonds is 4. The normalized spacial score (nSPS) is 14.5. The average molecular weight is 339 g/mol. The molecule has 0 aliphatic carbocycles. The minimum atomic E-state index is -0.297. The molecule has 0 bridgehead atoms. The highest BCUT2D eigenvalue weighted by Gasteiger charge is 2.13. The number of hydrogen-bond acceptors (Lipinski definition) is 5. The molecule has 0 amide bonds. The van der Waals surface area contributed by atoms with Crippen LogP contribution in [0.3, 0.4) is 0 Å². The van der Waals surface area contributed by atoms with Gasteiger partial charge in [0.05, 0.1) is 18.9 Å². The molecule has 0 unspecified atom stereocenters. The van der Waals surface area contributed by atoms with Crippen LogP contribution < -0.4 is 10.2 Å². The maximum absolute atomic E-state index is 14.0. The molecule has 6 nitrogen and oxygen atoms in total. The topological polar surface area (TPSA) is 55.2 Å². The summed E-state index contributed by atoms with van der Waals surface area (Å²) in [5, 5.41) is 7.46. The van der Waals surface area contributed by atoms with Gasteiger partial charge < -0.3 is 15.0 Å². The molecule has 2 aromatic carbocycles. The van der Waals surface area contributed by atoms with E-state index in [0.29, 0.717) is 24.8 Å². The third kappa shape index (κ3) is 3.61. The molecule has 2 heterocycles. The molecule has 0 spiro atoms. The summed E-state index contributed by atoms with van der Waals surface area (Å²) >= 11 is 0. The third-order valence-electron chi connectivity index (χ3n) is 4.03. The van der Waals surface area contributed by atoms with Crippen LogP contribution >= 0.6 is 0 Å². The maximum Gasteiger partial charge on any atom is 0.246 e. The number of halogens is 1. The monoisotopic (exact) mass is 339 g/mol. The van der Waals surface area contributed by atoms with Gasteiger partial charge in [-0.2, -0.15) is 4.98 Å². The second kappa shape index (κ2) is 6.90. The Bertz CT molecular complexity index is 846. The second-order valence-corrected chi connectivity index (χ2v) is 5.77. The van der Waals surface area contributed by atoms with Crippen LogP contribution in [-0.4, -0.2) is 41.1 Å². The van der Waals surface area contributed by atoms with Crippen molar-refractivity contribution in [2.75, 3.05) is 36.5 Å². The van der Waals surface area contributed by atoms with Gasteiger partial charge in [-0.1, -0.05) is 18.2 Å². The van der Waals surface area contributed by atoms with E-state index >= 15 is 0 Å². The molecule has 25 heavy (non-hydrogen) atoms. The number of nitrogens with one attached hydrogen (secondary N) is 1. The minimum absolute atomic E-state index is 0.297. The Balaban J connectivity index is 1.54. The first-order chi connectivity index (χ1) is 12.3. The molecule has 0 atom stereocenters. The van der Waals surface area contributed by atoms with E-state index in [9.17, 15) is 4.39 Å². The maximum atomic E-state index is 14.0. The predicted molar refractivity (Wildman–Crippen MR) is 94.1 cm³/mol. The standard InChI is InChI=1S/C18H18FN5O/c19-14-10-15(12-17(11-14)23-6-8-25-9-7-23)21-18-20-13-24(22-18)16-4-2-1-3-5-16/h1-5,10-13H,6-9H2,(H,21,22). The zero-order valence-electron chi connectivity index (χ0n) is 13.6. The van der Waals surface area contributed by atoms with E-state index in [4.69, 9.17) is 4.74 Å². The number of ether oxygens (including phenoxy) is 1. The fraction of sp³-hybridized carbons (Fsp3) is 0.222. The fourth-order valence-corrected chi connectivity index (χ4v) is 2.81. The van der Waals surface area contributed by atoms with Gasteiger partial charge in [-0.15, -0.1) is 5.10 Å². The van der Waals surface area contributed by atoms with Crippen molar-refractivity contribution >= 4 is 17.3 Å². The second-order valence-electron chi connectivity index (χ2n) is 5.77. The number of benzene rings is 2. The van der Waals surface area contributed by atoms with Crippen LogP contribution in [0.25, 0.3) is 5.69 Å². The van der Waals surface area contributed by atoms with Crippen LogP contribution in [0.4, 0.5) is 21.7 Å². The molecule has 1 fully saturated rings. The van der Waals surface area contributed by atoms with Crippen LogP contribution in [0.15, 0.2) is 54.9 Å². The van der Waals surface area contributed by atoms with E-state index in [1.165, 1.54) is 12.1 Å². The summed E-state index contributed by atoms with van der Waals surface area (Å²) < 4.78 is 21.0. The van der Waals surface area contributed by atoms with Crippen LogP contribution in [0.2, 0.25) is 0 Å². The van der Waals surface area contributed by atoms with Crippen LogP contribution in [-0.2, 0) is 4.74 Å². The Morgan fingerprint density at radius 3 is 2.60 bits per heavy atom. The SMILES string of the molecule is Fc1cc(Nc2ncn(-c3ccccc3)n2)cc(N2CCOCC2)c1. The van der Waals surface area contributed by atoms with Gasteiger partial charge in [-0.25, -0.2) is 9.07 Å². The van der Waals surface area contributed by atoms with E-state index in [0.717, 1.165) is 24.5 Å². The molecule has 1 aromatic heterocycles. The molecular weight excluding hydrogens is 321 g/mol. The Morgan fingerprint density at radius 1 is 1.00 bits per heavy atom. The van der Waals surface area contributed by atoms with Crippen molar-refractivity contribution in [3.8, 4) is 5.69 Å². The largest absolute Gasteiger partial charge is 0.378 e. The number of aromatic nitrogens is 3. The summed E-state index contributed by atoms with van der Waals surface area (Å²) in [6.07, 6.45) is 1.62. The highest BCUT2D eigenvalue weighted by atomic mass is 19.1. The highest BCUT2D eigenvalue weighted by molar-refractivity contribution is 5.62.